The van der Waals surface area contributed by atoms with E-state index in [1.54, 1.807) is 18.9 Å². The second kappa shape index (κ2) is 9.04. The van der Waals surface area contributed by atoms with Gasteiger partial charge in [0.2, 0.25) is 11.1 Å². The summed E-state index contributed by atoms with van der Waals surface area (Å²) in [5.74, 6) is 1.45. The molecule has 0 atom stereocenters. The van der Waals surface area contributed by atoms with Crippen LogP contribution in [0.3, 0.4) is 0 Å². The van der Waals surface area contributed by atoms with Crippen molar-refractivity contribution in [2.75, 3.05) is 20.0 Å². The summed E-state index contributed by atoms with van der Waals surface area (Å²) < 4.78 is 12.2. The third-order valence-corrected chi connectivity index (χ3v) is 4.67. The fourth-order valence-corrected chi connectivity index (χ4v) is 3.16. The molecule has 0 aliphatic carbocycles. The van der Waals surface area contributed by atoms with Gasteiger partial charge in [-0.2, -0.15) is 4.68 Å². The summed E-state index contributed by atoms with van der Waals surface area (Å²) in [7, 11) is 3.19. The monoisotopic (exact) mass is 385 g/mol. The highest BCUT2D eigenvalue weighted by atomic mass is 32.2. The van der Waals surface area contributed by atoms with E-state index in [-0.39, 0.29) is 11.7 Å². The summed E-state index contributed by atoms with van der Waals surface area (Å²) in [6.45, 7) is 0.390. The van der Waals surface area contributed by atoms with Crippen LogP contribution in [-0.4, -0.2) is 46.1 Å². The van der Waals surface area contributed by atoms with Crippen LogP contribution in [0.25, 0.3) is 5.69 Å². The number of ether oxygens (including phenoxy) is 2. The molecule has 0 aliphatic rings. The molecular weight excluding hydrogens is 366 g/mol. The molecule has 3 rings (SSSR count). The third-order valence-electron chi connectivity index (χ3n) is 3.76. The van der Waals surface area contributed by atoms with Gasteiger partial charge >= 0.3 is 0 Å². The number of para-hydroxylation sites is 3. The maximum absolute atomic E-state index is 12.2. The van der Waals surface area contributed by atoms with Gasteiger partial charge in [0.15, 0.2) is 0 Å². The van der Waals surface area contributed by atoms with Crippen LogP contribution in [0.2, 0.25) is 0 Å². The molecule has 2 aromatic carbocycles. The zero-order valence-corrected chi connectivity index (χ0v) is 15.8. The number of nitrogens with one attached hydrogen (secondary N) is 1. The Balaban J connectivity index is 1.61. The van der Waals surface area contributed by atoms with Crippen molar-refractivity contribution < 1.29 is 14.3 Å². The minimum absolute atomic E-state index is 0.125. The van der Waals surface area contributed by atoms with Gasteiger partial charge in [0, 0.05) is 12.1 Å². The molecule has 1 amide bonds. The smallest absolute Gasteiger partial charge is 0.230 e. The predicted octanol–water partition coefficient (Wildman–Crippen LogP) is 2.09. The zero-order chi connectivity index (χ0) is 19.1. The number of rotatable bonds is 8. The summed E-state index contributed by atoms with van der Waals surface area (Å²) >= 11 is 1.25. The van der Waals surface area contributed by atoms with Gasteiger partial charge in [0.1, 0.15) is 17.2 Å². The number of carbonyl (C=O) groups excluding carboxylic acids is 1. The van der Waals surface area contributed by atoms with E-state index >= 15 is 0 Å². The molecule has 0 aliphatic heterocycles. The van der Waals surface area contributed by atoms with E-state index in [4.69, 9.17) is 9.47 Å². The average molecular weight is 385 g/mol. The number of tetrazole rings is 1. The number of hydrogen-bond donors (Lipinski definition) is 1. The van der Waals surface area contributed by atoms with Crippen molar-refractivity contribution in [2.24, 2.45) is 0 Å². The van der Waals surface area contributed by atoms with Gasteiger partial charge in [-0.3, -0.25) is 4.79 Å². The molecule has 0 spiro atoms. The van der Waals surface area contributed by atoms with Crippen LogP contribution >= 0.6 is 11.8 Å². The lowest BCUT2D eigenvalue weighted by Crippen LogP contribution is -2.25. The van der Waals surface area contributed by atoms with Gasteiger partial charge in [0.25, 0.3) is 0 Å². The first-order valence-electron chi connectivity index (χ1n) is 8.16. The van der Waals surface area contributed by atoms with E-state index in [9.17, 15) is 4.79 Å². The highest BCUT2D eigenvalue weighted by molar-refractivity contribution is 7.99. The Bertz CT molecular complexity index is 915. The summed E-state index contributed by atoms with van der Waals surface area (Å²) in [4.78, 5) is 12.2. The average Bonchev–Trinajstić information content (AvgIpc) is 3.19. The first kappa shape index (κ1) is 18.7. The fraction of sp³-hybridized carbons (Fsp3) is 0.222. The number of carbonyl (C=O) groups is 1. The van der Waals surface area contributed by atoms with Crippen LogP contribution in [0.15, 0.2) is 53.7 Å². The molecule has 140 valence electrons. The number of nitrogens with zero attached hydrogens (tertiary/aromatic N) is 4. The lowest BCUT2D eigenvalue weighted by Gasteiger charge is -2.10. The minimum atomic E-state index is -0.125. The van der Waals surface area contributed by atoms with Crippen molar-refractivity contribution in [3.05, 3.63) is 54.1 Å². The lowest BCUT2D eigenvalue weighted by atomic mass is 10.2. The van der Waals surface area contributed by atoms with Crippen molar-refractivity contribution in [2.45, 2.75) is 11.7 Å². The van der Waals surface area contributed by atoms with Crippen LogP contribution in [0, 0.1) is 0 Å². The highest BCUT2D eigenvalue weighted by Crippen LogP contribution is 2.25. The van der Waals surface area contributed by atoms with Crippen molar-refractivity contribution in [1.29, 1.82) is 0 Å². The van der Waals surface area contributed by atoms with Gasteiger partial charge in [-0.1, -0.05) is 42.1 Å². The zero-order valence-electron chi connectivity index (χ0n) is 15.0. The SMILES string of the molecule is COc1ccccc1CNC(=O)CSc1nnnn1-c1ccccc1OC. The summed E-state index contributed by atoms with van der Waals surface area (Å²) in [6.07, 6.45) is 0. The van der Waals surface area contributed by atoms with Gasteiger partial charge in [0.05, 0.1) is 20.0 Å². The fourth-order valence-electron chi connectivity index (χ4n) is 2.45. The van der Waals surface area contributed by atoms with Gasteiger partial charge in [-0.25, -0.2) is 0 Å². The standard InChI is InChI=1S/C18H19N5O3S/c1-25-15-9-5-3-7-13(15)11-19-17(24)12-27-18-20-21-22-23(18)14-8-4-6-10-16(14)26-2/h3-10H,11-12H2,1-2H3,(H,19,24). The normalized spacial score (nSPS) is 10.4. The van der Waals surface area contributed by atoms with E-state index in [2.05, 4.69) is 20.8 Å². The first-order valence-corrected chi connectivity index (χ1v) is 9.14. The molecule has 9 heteroatoms. The second-order valence-electron chi connectivity index (χ2n) is 5.42. The number of thioether (sulfide) groups is 1. The van der Waals surface area contributed by atoms with Crippen LogP contribution in [0.4, 0.5) is 0 Å². The molecule has 27 heavy (non-hydrogen) atoms. The second-order valence-corrected chi connectivity index (χ2v) is 6.36. The molecular formula is C18H19N5O3S. The quantitative estimate of drug-likeness (QED) is 0.594. The van der Waals surface area contributed by atoms with E-state index in [0.29, 0.717) is 23.1 Å². The van der Waals surface area contributed by atoms with Crippen LogP contribution in [0.5, 0.6) is 11.5 Å². The molecule has 0 saturated heterocycles. The Morgan fingerprint density at radius 3 is 2.56 bits per heavy atom. The number of amides is 1. The maximum Gasteiger partial charge on any atom is 0.230 e. The summed E-state index contributed by atoms with van der Waals surface area (Å²) in [5.41, 5.74) is 1.62. The van der Waals surface area contributed by atoms with Crippen molar-refractivity contribution in [1.82, 2.24) is 25.5 Å². The molecule has 1 aromatic heterocycles. The third kappa shape index (κ3) is 4.56. The Kier molecular flexibility index (Phi) is 6.26. The van der Waals surface area contributed by atoms with E-state index in [1.165, 1.54) is 11.8 Å². The molecule has 0 fully saturated rings. The van der Waals surface area contributed by atoms with Crippen LogP contribution < -0.4 is 14.8 Å². The Hall–Kier alpha value is -3.07. The molecule has 0 unspecified atom stereocenters. The molecule has 3 aromatic rings. The van der Waals surface area contributed by atoms with Crippen LogP contribution in [0.1, 0.15) is 5.56 Å². The topological polar surface area (TPSA) is 91.2 Å². The summed E-state index contributed by atoms with van der Waals surface area (Å²) in [6, 6.07) is 15.0. The van der Waals surface area contributed by atoms with Crippen molar-refractivity contribution in [3.8, 4) is 17.2 Å². The van der Waals surface area contributed by atoms with E-state index in [1.807, 2.05) is 48.5 Å². The van der Waals surface area contributed by atoms with E-state index < -0.39 is 0 Å². The largest absolute Gasteiger partial charge is 0.496 e. The van der Waals surface area contributed by atoms with E-state index in [0.717, 1.165) is 11.3 Å². The molecule has 0 saturated carbocycles. The first-order chi connectivity index (χ1) is 13.2. The molecule has 0 bridgehead atoms. The highest BCUT2D eigenvalue weighted by Gasteiger charge is 2.14. The van der Waals surface area contributed by atoms with Gasteiger partial charge in [-0.15, -0.1) is 5.10 Å². The van der Waals surface area contributed by atoms with Crippen molar-refractivity contribution >= 4 is 17.7 Å². The Labute approximate surface area is 160 Å². The number of aromatic nitrogens is 4. The summed E-state index contributed by atoms with van der Waals surface area (Å²) in [5, 5.41) is 15.1. The molecule has 8 nitrogen and oxygen atoms in total. The Morgan fingerprint density at radius 2 is 1.78 bits per heavy atom. The van der Waals surface area contributed by atoms with Crippen molar-refractivity contribution in [3.63, 3.8) is 0 Å². The number of methoxy groups -OCH3 is 2. The molecule has 0 radical (unpaired) electrons. The van der Waals surface area contributed by atoms with Gasteiger partial charge < -0.3 is 14.8 Å². The minimum Gasteiger partial charge on any atom is -0.496 e. The van der Waals surface area contributed by atoms with Gasteiger partial charge in [-0.05, 0) is 28.6 Å². The van der Waals surface area contributed by atoms with Crippen LogP contribution in [-0.2, 0) is 11.3 Å². The Morgan fingerprint density at radius 1 is 1.07 bits per heavy atom. The number of hydrogen-bond acceptors (Lipinski definition) is 7. The molecule has 1 heterocycles. The predicted molar refractivity (Wildman–Crippen MR) is 101 cm³/mol. The molecule has 1 N–H and O–H groups in total. The maximum atomic E-state index is 12.2. The lowest BCUT2D eigenvalue weighted by molar-refractivity contribution is -0.118. The number of benzene rings is 2.